The Bertz CT molecular complexity index is 773. The van der Waals surface area contributed by atoms with Crippen LogP contribution in [0.4, 0.5) is 5.69 Å². The van der Waals surface area contributed by atoms with Crippen LogP contribution in [0.3, 0.4) is 0 Å². The predicted octanol–water partition coefficient (Wildman–Crippen LogP) is 4.55. The lowest BCUT2D eigenvalue weighted by molar-refractivity contribution is 0.0947. The van der Waals surface area contributed by atoms with Crippen LogP contribution in [0.5, 0.6) is 0 Å². The maximum atomic E-state index is 13.0. The first-order chi connectivity index (χ1) is 11.8. The molecule has 0 heterocycles. The van der Waals surface area contributed by atoms with Gasteiger partial charge in [-0.2, -0.15) is 0 Å². The second-order valence-electron chi connectivity index (χ2n) is 5.61. The molecule has 0 radical (unpaired) electrons. The lowest BCUT2D eigenvalue weighted by Gasteiger charge is -2.23. The Morgan fingerprint density at radius 3 is 1.88 bits per heavy atom. The number of para-hydroxylation sites is 1. The zero-order valence-corrected chi connectivity index (χ0v) is 13.2. The van der Waals surface area contributed by atoms with E-state index in [1.165, 1.54) is 0 Å². The topological polar surface area (TPSA) is 40.5 Å². The summed E-state index contributed by atoms with van der Waals surface area (Å²) in [7, 11) is 0. The highest BCUT2D eigenvalue weighted by atomic mass is 16.5. The van der Waals surface area contributed by atoms with Gasteiger partial charge in [0.2, 0.25) is 0 Å². The van der Waals surface area contributed by atoms with Crippen molar-refractivity contribution in [1.29, 1.82) is 0 Å². The van der Waals surface area contributed by atoms with E-state index in [2.05, 4.69) is 0 Å². The minimum atomic E-state index is -0.446. The fourth-order valence-electron chi connectivity index (χ4n) is 2.71. The molecule has 0 amide bonds. The number of ketones is 1. The Balaban J connectivity index is 1.90. The van der Waals surface area contributed by atoms with E-state index in [0.717, 1.165) is 10.6 Å². The van der Waals surface area contributed by atoms with Crippen LogP contribution in [0.25, 0.3) is 0 Å². The number of Topliss-reactive ketones (excluding diaryl/α,β-unsaturated/α-hetero) is 1. The van der Waals surface area contributed by atoms with E-state index in [1.807, 2.05) is 91.0 Å². The third kappa shape index (κ3) is 3.70. The summed E-state index contributed by atoms with van der Waals surface area (Å²) in [5, 5.41) is 11.6. The molecule has 0 aromatic heterocycles. The summed E-state index contributed by atoms with van der Waals surface area (Å²) in [4.78, 5) is 13.0. The van der Waals surface area contributed by atoms with E-state index in [4.69, 9.17) is 0 Å². The minimum absolute atomic E-state index is 0.00298. The van der Waals surface area contributed by atoms with E-state index < -0.39 is 5.92 Å². The second kappa shape index (κ2) is 7.57. The molecule has 0 spiro atoms. The van der Waals surface area contributed by atoms with Crippen LogP contribution >= 0.6 is 0 Å². The van der Waals surface area contributed by atoms with Gasteiger partial charge in [-0.15, -0.1) is 0 Å². The highest BCUT2D eigenvalue weighted by Crippen LogP contribution is 2.24. The lowest BCUT2D eigenvalue weighted by atomic mass is 9.90. The summed E-state index contributed by atoms with van der Waals surface area (Å²) < 4.78 is 0. The number of hydrogen-bond donors (Lipinski definition) is 1. The van der Waals surface area contributed by atoms with Crippen LogP contribution in [0.15, 0.2) is 91.0 Å². The van der Waals surface area contributed by atoms with Crippen molar-refractivity contribution in [2.45, 2.75) is 5.92 Å². The van der Waals surface area contributed by atoms with Gasteiger partial charge in [-0.25, -0.2) is 0 Å². The minimum Gasteiger partial charge on any atom is -0.293 e. The van der Waals surface area contributed by atoms with Gasteiger partial charge in [0.05, 0.1) is 18.2 Å². The fraction of sp³-hybridized carbons (Fsp3) is 0.0952. The van der Waals surface area contributed by atoms with Gasteiger partial charge in [0.15, 0.2) is 5.78 Å². The largest absolute Gasteiger partial charge is 0.293 e. The summed E-state index contributed by atoms with van der Waals surface area (Å²) in [6, 6.07) is 28.0. The molecular formula is C21H19NO2. The molecule has 0 fully saturated rings. The first kappa shape index (κ1) is 16.0. The SMILES string of the molecule is O=C(c1ccccc1)C(CN(O)c1ccccc1)c1ccccc1. The normalized spacial score (nSPS) is 11.7. The Kier molecular flexibility index (Phi) is 5.04. The molecule has 0 bridgehead atoms. The van der Waals surface area contributed by atoms with Crippen molar-refractivity contribution in [3.05, 3.63) is 102 Å². The zero-order chi connectivity index (χ0) is 16.8. The first-order valence-electron chi connectivity index (χ1n) is 7.91. The maximum absolute atomic E-state index is 13.0. The molecule has 0 aliphatic heterocycles. The molecule has 24 heavy (non-hydrogen) atoms. The fourth-order valence-corrected chi connectivity index (χ4v) is 2.71. The quantitative estimate of drug-likeness (QED) is 0.535. The number of carbonyl (C=O) groups is 1. The zero-order valence-electron chi connectivity index (χ0n) is 13.2. The lowest BCUT2D eigenvalue weighted by Crippen LogP contribution is -2.29. The molecule has 3 aromatic carbocycles. The van der Waals surface area contributed by atoms with Crippen molar-refractivity contribution in [3.63, 3.8) is 0 Å². The maximum Gasteiger partial charge on any atom is 0.172 e. The Morgan fingerprint density at radius 1 is 0.792 bits per heavy atom. The van der Waals surface area contributed by atoms with Crippen LogP contribution in [0, 0.1) is 0 Å². The van der Waals surface area contributed by atoms with Crippen LogP contribution < -0.4 is 5.06 Å². The summed E-state index contributed by atoms with van der Waals surface area (Å²) in [5.41, 5.74) is 2.20. The summed E-state index contributed by atoms with van der Waals surface area (Å²) in [6.07, 6.45) is 0. The summed E-state index contributed by atoms with van der Waals surface area (Å²) in [6.45, 7) is 0.196. The molecule has 3 aromatic rings. The molecule has 0 saturated heterocycles. The molecule has 120 valence electrons. The highest BCUT2D eigenvalue weighted by Gasteiger charge is 2.24. The van der Waals surface area contributed by atoms with Crippen LogP contribution in [0.1, 0.15) is 21.8 Å². The van der Waals surface area contributed by atoms with Gasteiger partial charge in [0, 0.05) is 5.56 Å². The number of carbonyl (C=O) groups excluding carboxylic acids is 1. The van der Waals surface area contributed by atoms with E-state index in [1.54, 1.807) is 0 Å². The molecule has 3 rings (SSSR count). The van der Waals surface area contributed by atoms with Gasteiger partial charge >= 0.3 is 0 Å². The van der Waals surface area contributed by atoms with Gasteiger partial charge < -0.3 is 0 Å². The Morgan fingerprint density at radius 2 is 1.29 bits per heavy atom. The monoisotopic (exact) mass is 317 g/mol. The average molecular weight is 317 g/mol. The van der Waals surface area contributed by atoms with Gasteiger partial charge in [-0.05, 0) is 17.7 Å². The number of anilines is 1. The van der Waals surface area contributed by atoms with Gasteiger partial charge in [0.25, 0.3) is 0 Å². The number of benzene rings is 3. The standard InChI is InChI=1S/C21H19NO2/c23-21(18-12-6-2-7-13-18)20(17-10-4-1-5-11-17)16-22(24)19-14-8-3-9-15-19/h1-15,20,24H,16H2. The number of hydrogen-bond acceptors (Lipinski definition) is 3. The van der Waals surface area contributed by atoms with Crippen molar-refractivity contribution in [2.75, 3.05) is 11.6 Å². The van der Waals surface area contributed by atoms with Gasteiger partial charge in [0.1, 0.15) is 0 Å². The van der Waals surface area contributed by atoms with E-state index in [9.17, 15) is 10.0 Å². The van der Waals surface area contributed by atoms with Crippen molar-refractivity contribution < 1.29 is 10.0 Å². The number of hydroxylamine groups is 1. The number of nitrogens with zero attached hydrogens (tertiary/aromatic N) is 1. The van der Waals surface area contributed by atoms with Crippen molar-refractivity contribution >= 4 is 11.5 Å². The third-order valence-corrected chi connectivity index (χ3v) is 3.99. The molecule has 1 atom stereocenters. The van der Waals surface area contributed by atoms with E-state index in [-0.39, 0.29) is 12.3 Å². The van der Waals surface area contributed by atoms with Crippen LogP contribution in [0.2, 0.25) is 0 Å². The molecule has 0 aliphatic rings. The first-order valence-corrected chi connectivity index (χ1v) is 7.91. The second-order valence-corrected chi connectivity index (χ2v) is 5.61. The van der Waals surface area contributed by atoms with Crippen molar-refractivity contribution in [2.24, 2.45) is 0 Å². The predicted molar refractivity (Wildman–Crippen MR) is 95.5 cm³/mol. The molecule has 0 aliphatic carbocycles. The highest BCUT2D eigenvalue weighted by molar-refractivity contribution is 6.01. The van der Waals surface area contributed by atoms with Crippen molar-refractivity contribution in [3.8, 4) is 0 Å². The van der Waals surface area contributed by atoms with Crippen LogP contribution in [-0.4, -0.2) is 17.5 Å². The molecule has 3 nitrogen and oxygen atoms in total. The van der Waals surface area contributed by atoms with E-state index in [0.29, 0.717) is 11.3 Å². The van der Waals surface area contributed by atoms with Crippen LogP contribution in [-0.2, 0) is 0 Å². The molecule has 1 N–H and O–H groups in total. The molecule has 3 heteroatoms. The smallest absolute Gasteiger partial charge is 0.172 e. The van der Waals surface area contributed by atoms with Crippen molar-refractivity contribution in [1.82, 2.24) is 0 Å². The third-order valence-electron chi connectivity index (χ3n) is 3.99. The Labute approximate surface area is 141 Å². The van der Waals surface area contributed by atoms with E-state index >= 15 is 0 Å². The summed E-state index contributed by atoms with van der Waals surface area (Å²) >= 11 is 0. The summed E-state index contributed by atoms with van der Waals surface area (Å²) in [5.74, 6) is -0.449. The molecule has 0 saturated carbocycles. The molecular weight excluding hydrogens is 298 g/mol. The number of rotatable bonds is 6. The molecule has 1 unspecified atom stereocenters. The average Bonchev–Trinajstić information content (AvgIpc) is 2.67. The van der Waals surface area contributed by atoms with Gasteiger partial charge in [-0.3, -0.25) is 15.1 Å². The van der Waals surface area contributed by atoms with Gasteiger partial charge in [-0.1, -0.05) is 78.9 Å². The Hall–Kier alpha value is -2.91.